The molecular weight excluding hydrogens is 358 g/mol. The maximum Gasteiger partial charge on any atom is 0.305 e. The largest absolute Gasteiger partial charge is 0.481 e. The van der Waals surface area contributed by atoms with Crippen LogP contribution in [0.3, 0.4) is 0 Å². The first-order chi connectivity index (χ1) is 12.3. The Labute approximate surface area is 153 Å². The number of hydrogen-bond donors (Lipinski definition) is 3. The number of ether oxygens (including phenoxy) is 1. The molecule has 0 bridgehead atoms. The predicted octanol–water partition coefficient (Wildman–Crippen LogP) is 1.28. The van der Waals surface area contributed by atoms with E-state index in [-0.39, 0.29) is 37.3 Å². The molecule has 1 saturated heterocycles. The van der Waals surface area contributed by atoms with Crippen LogP contribution in [0.15, 0.2) is 4.79 Å². The van der Waals surface area contributed by atoms with E-state index in [2.05, 4.69) is 15.3 Å². The minimum atomic E-state index is -0.976. The maximum atomic E-state index is 12.3. The van der Waals surface area contributed by atoms with Crippen LogP contribution in [0.5, 0.6) is 0 Å². The number of carbonyl (C=O) groups excluding carboxylic acids is 1. The number of carboxylic acid groups (broad SMARTS) is 1. The first-order valence-electron chi connectivity index (χ1n) is 8.39. The highest BCUT2D eigenvalue weighted by Crippen LogP contribution is 2.26. The van der Waals surface area contributed by atoms with E-state index in [0.717, 1.165) is 10.4 Å². The molecule has 1 aliphatic heterocycles. The van der Waals surface area contributed by atoms with Crippen LogP contribution in [0.1, 0.15) is 35.5 Å². The second-order valence-corrected chi connectivity index (χ2v) is 7.88. The number of aromatic nitrogens is 2. The Kier molecular flexibility index (Phi) is 5.10. The molecule has 1 amide bonds. The summed E-state index contributed by atoms with van der Waals surface area (Å²) in [7, 11) is 0. The van der Waals surface area contributed by atoms with Crippen LogP contribution in [0, 0.1) is 13.8 Å². The number of carbonyl (C=O) groups is 2. The first kappa shape index (κ1) is 18.5. The van der Waals surface area contributed by atoms with Gasteiger partial charge in [0.2, 0.25) is 5.91 Å². The average molecular weight is 379 g/mol. The van der Waals surface area contributed by atoms with Crippen molar-refractivity contribution in [3.63, 3.8) is 0 Å². The number of H-pyrrole nitrogens is 1. The van der Waals surface area contributed by atoms with Crippen molar-refractivity contribution in [1.29, 1.82) is 0 Å². The Hall–Kier alpha value is -2.26. The molecule has 1 atom stereocenters. The third-order valence-corrected chi connectivity index (χ3v) is 5.78. The Morgan fingerprint density at radius 3 is 2.85 bits per heavy atom. The highest BCUT2D eigenvalue weighted by atomic mass is 32.1. The number of nitrogens with one attached hydrogen (secondary N) is 2. The summed E-state index contributed by atoms with van der Waals surface area (Å²) in [6.07, 6.45) is 0.684. The third-order valence-electron chi connectivity index (χ3n) is 4.67. The standard InChI is InChI=1S/C17H21N3O5S/c1-9-10(2)26-16-14(9)15(24)18-11(19-16)3-4-12(21)20-17(7-13(22)23)5-6-25-8-17/h3-8H2,1-2H3,(H,20,21)(H,22,23)(H,18,19,24). The van der Waals surface area contributed by atoms with Crippen LogP contribution < -0.4 is 10.9 Å². The van der Waals surface area contributed by atoms with Crippen LogP contribution in [-0.2, 0) is 20.7 Å². The average Bonchev–Trinajstić information content (AvgIpc) is 3.10. The number of aliphatic carboxylic acids is 1. The third kappa shape index (κ3) is 3.78. The van der Waals surface area contributed by atoms with Gasteiger partial charge in [0.05, 0.1) is 24.0 Å². The molecule has 0 radical (unpaired) electrons. The van der Waals surface area contributed by atoms with E-state index in [1.165, 1.54) is 11.3 Å². The van der Waals surface area contributed by atoms with Gasteiger partial charge in [0.15, 0.2) is 0 Å². The zero-order chi connectivity index (χ0) is 18.9. The van der Waals surface area contributed by atoms with Crippen molar-refractivity contribution in [3.8, 4) is 0 Å². The van der Waals surface area contributed by atoms with Crippen LogP contribution in [0.25, 0.3) is 10.2 Å². The number of nitrogens with zero attached hydrogens (tertiary/aromatic N) is 1. The summed E-state index contributed by atoms with van der Waals surface area (Å²) in [5, 5.41) is 12.5. The highest BCUT2D eigenvalue weighted by molar-refractivity contribution is 7.18. The minimum Gasteiger partial charge on any atom is -0.481 e. The van der Waals surface area contributed by atoms with Crippen molar-refractivity contribution >= 4 is 33.4 Å². The van der Waals surface area contributed by atoms with Gasteiger partial charge in [0.25, 0.3) is 5.56 Å². The summed E-state index contributed by atoms with van der Waals surface area (Å²) in [4.78, 5) is 44.5. The lowest BCUT2D eigenvalue weighted by molar-refractivity contribution is -0.139. The van der Waals surface area contributed by atoms with Crippen molar-refractivity contribution in [2.24, 2.45) is 0 Å². The van der Waals surface area contributed by atoms with E-state index in [4.69, 9.17) is 9.84 Å². The topological polar surface area (TPSA) is 121 Å². The van der Waals surface area contributed by atoms with Crippen molar-refractivity contribution < 1.29 is 19.4 Å². The van der Waals surface area contributed by atoms with Gasteiger partial charge in [-0.05, 0) is 25.8 Å². The SMILES string of the molecule is Cc1sc2nc(CCC(=O)NC3(CC(=O)O)CCOC3)[nH]c(=O)c2c1C. The summed E-state index contributed by atoms with van der Waals surface area (Å²) in [5.41, 5.74) is -0.117. The van der Waals surface area contributed by atoms with Crippen LogP contribution in [0.4, 0.5) is 0 Å². The Bertz CT molecular complexity index is 911. The second kappa shape index (κ2) is 7.16. The molecule has 0 spiro atoms. The van der Waals surface area contributed by atoms with Gasteiger partial charge >= 0.3 is 5.97 Å². The van der Waals surface area contributed by atoms with E-state index in [9.17, 15) is 14.4 Å². The summed E-state index contributed by atoms with van der Waals surface area (Å²) in [6.45, 7) is 4.46. The molecule has 1 aliphatic rings. The monoisotopic (exact) mass is 379 g/mol. The molecule has 3 N–H and O–H groups in total. The molecule has 140 valence electrons. The quantitative estimate of drug-likeness (QED) is 0.695. The van der Waals surface area contributed by atoms with E-state index in [0.29, 0.717) is 29.1 Å². The lowest BCUT2D eigenvalue weighted by Crippen LogP contribution is -2.50. The molecule has 26 heavy (non-hydrogen) atoms. The number of carboxylic acids is 1. The molecule has 3 heterocycles. The van der Waals surface area contributed by atoms with Crippen molar-refractivity contribution in [2.45, 2.75) is 45.1 Å². The highest BCUT2D eigenvalue weighted by Gasteiger charge is 2.38. The molecule has 2 aromatic heterocycles. The zero-order valence-electron chi connectivity index (χ0n) is 14.7. The van der Waals surface area contributed by atoms with Gasteiger partial charge in [-0.3, -0.25) is 14.4 Å². The van der Waals surface area contributed by atoms with Gasteiger partial charge < -0.3 is 20.1 Å². The lowest BCUT2D eigenvalue weighted by atomic mass is 9.94. The van der Waals surface area contributed by atoms with Gasteiger partial charge in [-0.25, -0.2) is 4.98 Å². The number of hydrogen-bond acceptors (Lipinski definition) is 6. The fraction of sp³-hybridized carbons (Fsp3) is 0.529. The predicted molar refractivity (Wildman–Crippen MR) is 96.6 cm³/mol. The van der Waals surface area contributed by atoms with Gasteiger partial charge in [0, 0.05) is 24.3 Å². The lowest BCUT2D eigenvalue weighted by Gasteiger charge is -2.26. The maximum absolute atomic E-state index is 12.3. The molecule has 8 nitrogen and oxygen atoms in total. The van der Waals surface area contributed by atoms with E-state index < -0.39 is 11.5 Å². The molecule has 9 heteroatoms. The molecule has 0 aromatic carbocycles. The molecule has 3 rings (SSSR count). The number of fused-ring (bicyclic) bond motifs is 1. The first-order valence-corrected chi connectivity index (χ1v) is 9.21. The summed E-state index contributed by atoms with van der Waals surface area (Å²) in [5.74, 6) is -0.803. The van der Waals surface area contributed by atoms with Crippen LogP contribution in [-0.4, -0.2) is 45.7 Å². The minimum absolute atomic E-state index is 0.110. The second-order valence-electron chi connectivity index (χ2n) is 6.68. The molecule has 0 aliphatic carbocycles. The van der Waals surface area contributed by atoms with E-state index >= 15 is 0 Å². The van der Waals surface area contributed by atoms with Crippen molar-refractivity contribution in [2.75, 3.05) is 13.2 Å². The Morgan fingerprint density at radius 2 is 2.19 bits per heavy atom. The number of aromatic amines is 1. The fourth-order valence-electron chi connectivity index (χ4n) is 3.19. The van der Waals surface area contributed by atoms with Gasteiger partial charge in [-0.15, -0.1) is 11.3 Å². The zero-order valence-corrected chi connectivity index (χ0v) is 15.5. The summed E-state index contributed by atoms with van der Waals surface area (Å²) >= 11 is 1.46. The van der Waals surface area contributed by atoms with Crippen molar-refractivity contribution in [3.05, 3.63) is 26.6 Å². The molecule has 2 aromatic rings. The fourth-order valence-corrected chi connectivity index (χ4v) is 4.24. The van der Waals surface area contributed by atoms with Gasteiger partial charge in [0.1, 0.15) is 10.7 Å². The van der Waals surface area contributed by atoms with E-state index in [1.54, 1.807) is 0 Å². The smallest absolute Gasteiger partial charge is 0.305 e. The molecular formula is C17H21N3O5S. The van der Waals surface area contributed by atoms with Gasteiger partial charge in [-0.2, -0.15) is 0 Å². The number of amides is 1. The summed E-state index contributed by atoms with van der Waals surface area (Å²) < 4.78 is 5.27. The number of rotatable bonds is 6. The molecule has 1 fully saturated rings. The van der Waals surface area contributed by atoms with Crippen molar-refractivity contribution in [1.82, 2.24) is 15.3 Å². The normalized spacial score (nSPS) is 19.8. The van der Waals surface area contributed by atoms with Crippen LogP contribution in [0.2, 0.25) is 0 Å². The van der Waals surface area contributed by atoms with E-state index in [1.807, 2.05) is 13.8 Å². The summed E-state index contributed by atoms with van der Waals surface area (Å²) in [6, 6.07) is 0. The number of aryl methyl sites for hydroxylation is 3. The molecule has 0 saturated carbocycles. The number of thiophene rings is 1. The molecule has 1 unspecified atom stereocenters. The Balaban J connectivity index is 1.68. The van der Waals surface area contributed by atoms with Crippen LogP contribution >= 0.6 is 11.3 Å². The van der Waals surface area contributed by atoms with Gasteiger partial charge in [-0.1, -0.05) is 0 Å². The Morgan fingerprint density at radius 1 is 1.42 bits per heavy atom.